The van der Waals surface area contributed by atoms with Gasteiger partial charge in [-0.3, -0.25) is 14.6 Å². The molecule has 2 amide bonds. The van der Waals surface area contributed by atoms with Crippen molar-refractivity contribution < 1.29 is 31.5 Å². The van der Waals surface area contributed by atoms with Gasteiger partial charge in [-0.05, 0) is 48.4 Å². The zero-order chi connectivity index (χ0) is 24.6. The molecule has 1 aromatic heterocycles. The highest BCUT2D eigenvalue weighted by atomic mass is 19.4. The number of nitrogens with zero attached hydrogens (tertiary/aromatic N) is 2. The molecule has 0 saturated heterocycles. The van der Waals surface area contributed by atoms with Crippen LogP contribution in [0.5, 0.6) is 0 Å². The first-order chi connectivity index (χ1) is 16.0. The summed E-state index contributed by atoms with van der Waals surface area (Å²) in [5.74, 6) is -1.18. The Morgan fingerprint density at radius 3 is 2.44 bits per heavy atom. The Bertz CT molecular complexity index is 1260. The SMILES string of the molecule is Cc1cc2c(c(C(F)F)n1)-c1ccccc1CC(=O)N2CC(=O)Nc1ccc(C(F)(F)F)cc1. The number of amides is 2. The summed E-state index contributed by atoms with van der Waals surface area (Å²) in [4.78, 5) is 30.9. The lowest BCUT2D eigenvalue weighted by Gasteiger charge is -2.24. The molecular weight excluding hydrogens is 457 g/mol. The molecule has 2 heterocycles. The third-order valence-corrected chi connectivity index (χ3v) is 5.38. The van der Waals surface area contributed by atoms with Gasteiger partial charge in [-0.1, -0.05) is 24.3 Å². The van der Waals surface area contributed by atoms with Crippen LogP contribution in [0.3, 0.4) is 0 Å². The summed E-state index contributed by atoms with van der Waals surface area (Å²) in [5.41, 5.74) is 0.126. The molecule has 0 spiro atoms. The third-order valence-electron chi connectivity index (χ3n) is 5.38. The zero-order valence-electron chi connectivity index (χ0n) is 17.8. The second-order valence-corrected chi connectivity index (χ2v) is 7.78. The maximum atomic E-state index is 13.9. The van der Waals surface area contributed by atoms with Crippen molar-refractivity contribution in [3.63, 3.8) is 0 Å². The van der Waals surface area contributed by atoms with Crippen LogP contribution in [0.25, 0.3) is 11.1 Å². The monoisotopic (exact) mass is 475 g/mol. The Kier molecular flexibility index (Phi) is 6.07. The smallest absolute Gasteiger partial charge is 0.325 e. The number of pyridine rings is 1. The normalized spacial score (nSPS) is 13.4. The fourth-order valence-corrected chi connectivity index (χ4v) is 3.90. The molecular formula is C24H18F5N3O2. The van der Waals surface area contributed by atoms with E-state index in [-0.39, 0.29) is 29.1 Å². The standard InChI is InChI=1S/C24H18F5N3O2/c1-13-10-18-21(22(30-13)23(25)26)17-5-3-2-4-14(17)11-20(34)32(18)12-19(33)31-16-8-6-15(7-9-16)24(27,28)29/h2-10,23H,11-12H2,1H3,(H,31,33). The van der Waals surface area contributed by atoms with Crippen LogP contribution in [-0.2, 0) is 22.2 Å². The van der Waals surface area contributed by atoms with Gasteiger partial charge in [0, 0.05) is 16.9 Å². The Labute approximate surface area is 191 Å². The van der Waals surface area contributed by atoms with Crippen LogP contribution < -0.4 is 10.2 Å². The highest BCUT2D eigenvalue weighted by Gasteiger charge is 2.32. The van der Waals surface area contributed by atoms with Crippen molar-refractivity contribution in [1.29, 1.82) is 0 Å². The average molecular weight is 475 g/mol. The van der Waals surface area contributed by atoms with Crippen LogP contribution in [0.1, 0.15) is 28.9 Å². The van der Waals surface area contributed by atoms with Crippen LogP contribution in [0, 0.1) is 6.92 Å². The number of aryl methyl sites for hydroxylation is 1. The van der Waals surface area contributed by atoms with E-state index in [1.165, 1.54) is 13.0 Å². The average Bonchev–Trinajstić information content (AvgIpc) is 2.87. The Balaban J connectivity index is 1.69. The Morgan fingerprint density at radius 2 is 1.79 bits per heavy atom. The van der Waals surface area contributed by atoms with E-state index in [1.54, 1.807) is 24.3 Å². The summed E-state index contributed by atoms with van der Waals surface area (Å²) in [6.07, 6.45) is -7.56. The van der Waals surface area contributed by atoms with Crippen molar-refractivity contribution in [2.75, 3.05) is 16.8 Å². The largest absolute Gasteiger partial charge is 0.416 e. The van der Waals surface area contributed by atoms with Crippen molar-refractivity contribution in [1.82, 2.24) is 4.98 Å². The number of carbonyl (C=O) groups excluding carboxylic acids is 2. The topological polar surface area (TPSA) is 62.3 Å². The number of alkyl halides is 5. The number of anilines is 2. The lowest BCUT2D eigenvalue weighted by Crippen LogP contribution is -2.38. The minimum atomic E-state index is -4.52. The van der Waals surface area contributed by atoms with Gasteiger partial charge < -0.3 is 10.2 Å². The number of fused-ring (bicyclic) bond motifs is 3. The number of benzene rings is 2. The van der Waals surface area contributed by atoms with E-state index in [0.717, 1.165) is 29.2 Å². The van der Waals surface area contributed by atoms with Gasteiger partial charge in [0.15, 0.2) is 0 Å². The summed E-state index contributed by atoms with van der Waals surface area (Å²) >= 11 is 0. The van der Waals surface area contributed by atoms with Crippen LogP contribution in [0.15, 0.2) is 54.6 Å². The van der Waals surface area contributed by atoms with Crippen LogP contribution in [0.2, 0.25) is 0 Å². The molecule has 0 radical (unpaired) electrons. The summed E-state index contributed by atoms with van der Waals surface area (Å²) in [7, 11) is 0. The van der Waals surface area contributed by atoms with E-state index >= 15 is 0 Å². The van der Waals surface area contributed by atoms with Crippen molar-refractivity contribution in [3.8, 4) is 11.1 Å². The molecule has 0 bridgehead atoms. The maximum absolute atomic E-state index is 13.9. The number of aromatic nitrogens is 1. The van der Waals surface area contributed by atoms with Crippen LogP contribution >= 0.6 is 0 Å². The van der Waals surface area contributed by atoms with Gasteiger partial charge in [-0.2, -0.15) is 13.2 Å². The van der Waals surface area contributed by atoms with Gasteiger partial charge >= 0.3 is 6.18 Å². The van der Waals surface area contributed by atoms with Crippen LogP contribution in [-0.4, -0.2) is 23.3 Å². The van der Waals surface area contributed by atoms with Crippen molar-refractivity contribution in [2.24, 2.45) is 0 Å². The molecule has 0 saturated carbocycles. The summed E-state index contributed by atoms with van der Waals surface area (Å²) in [5, 5.41) is 2.45. The quantitative estimate of drug-likeness (QED) is 0.504. The molecule has 0 aliphatic carbocycles. The number of hydrogen-bond donors (Lipinski definition) is 1. The van der Waals surface area contributed by atoms with E-state index in [4.69, 9.17) is 0 Å². The molecule has 3 aromatic rings. The van der Waals surface area contributed by atoms with Crippen molar-refractivity contribution in [3.05, 3.63) is 77.1 Å². The zero-order valence-corrected chi connectivity index (χ0v) is 17.8. The van der Waals surface area contributed by atoms with Gasteiger partial charge in [0.05, 0.1) is 17.7 Å². The number of carbonyl (C=O) groups is 2. The fourth-order valence-electron chi connectivity index (χ4n) is 3.90. The molecule has 10 heteroatoms. The number of rotatable bonds is 4. The third kappa shape index (κ3) is 4.61. The lowest BCUT2D eigenvalue weighted by molar-refractivity contribution is -0.137. The second kappa shape index (κ2) is 8.85. The molecule has 34 heavy (non-hydrogen) atoms. The van der Waals surface area contributed by atoms with Gasteiger partial charge in [-0.25, -0.2) is 8.78 Å². The molecule has 4 rings (SSSR count). The first kappa shape index (κ1) is 23.3. The molecule has 176 valence electrons. The molecule has 1 aliphatic rings. The van der Waals surface area contributed by atoms with E-state index < -0.39 is 42.2 Å². The Morgan fingerprint density at radius 1 is 1.12 bits per heavy atom. The van der Waals surface area contributed by atoms with E-state index in [2.05, 4.69) is 10.3 Å². The summed E-state index contributed by atoms with van der Waals surface area (Å²) in [6.45, 7) is 0.987. The molecule has 0 fully saturated rings. The molecule has 1 aliphatic heterocycles. The molecule has 0 atom stereocenters. The highest BCUT2D eigenvalue weighted by Crippen LogP contribution is 2.42. The van der Waals surface area contributed by atoms with Gasteiger partial charge in [-0.15, -0.1) is 0 Å². The first-order valence-electron chi connectivity index (χ1n) is 10.2. The van der Waals surface area contributed by atoms with E-state index in [9.17, 15) is 31.5 Å². The lowest BCUT2D eigenvalue weighted by atomic mass is 9.96. The predicted octanol–water partition coefficient (Wildman–Crippen LogP) is 5.54. The minimum Gasteiger partial charge on any atom is -0.325 e. The maximum Gasteiger partial charge on any atom is 0.416 e. The van der Waals surface area contributed by atoms with Crippen molar-refractivity contribution >= 4 is 23.2 Å². The molecule has 1 N–H and O–H groups in total. The van der Waals surface area contributed by atoms with Gasteiger partial charge in [0.2, 0.25) is 11.8 Å². The van der Waals surface area contributed by atoms with E-state index in [1.807, 2.05) is 0 Å². The number of hydrogen-bond acceptors (Lipinski definition) is 3. The van der Waals surface area contributed by atoms with Gasteiger partial charge in [0.25, 0.3) is 6.43 Å². The number of nitrogens with one attached hydrogen (secondary N) is 1. The summed E-state index contributed by atoms with van der Waals surface area (Å²) in [6, 6.07) is 11.9. The molecule has 5 nitrogen and oxygen atoms in total. The molecule has 0 unspecified atom stereocenters. The second-order valence-electron chi connectivity index (χ2n) is 7.78. The summed E-state index contributed by atoms with van der Waals surface area (Å²) < 4.78 is 66.1. The highest BCUT2D eigenvalue weighted by molar-refractivity contribution is 6.08. The first-order valence-corrected chi connectivity index (χ1v) is 10.2. The minimum absolute atomic E-state index is 0.0735. The van der Waals surface area contributed by atoms with Gasteiger partial charge in [0.1, 0.15) is 12.2 Å². The Hall–Kier alpha value is -3.82. The fraction of sp³-hybridized carbons (Fsp3) is 0.208. The van der Waals surface area contributed by atoms with Crippen molar-refractivity contribution in [2.45, 2.75) is 25.9 Å². The predicted molar refractivity (Wildman–Crippen MR) is 115 cm³/mol. The molecule has 2 aromatic carbocycles. The van der Waals surface area contributed by atoms with Crippen LogP contribution in [0.4, 0.5) is 33.3 Å². The number of halogens is 5. The van der Waals surface area contributed by atoms with E-state index in [0.29, 0.717) is 11.1 Å².